The van der Waals surface area contributed by atoms with E-state index >= 15 is 0 Å². The van der Waals surface area contributed by atoms with Gasteiger partial charge in [0.15, 0.2) is 0 Å². The van der Waals surface area contributed by atoms with E-state index in [1.54, 1.807) is 12.1 Å². The molecule has 1 unspecified atom stereocenters. The van der Waals surface area contributed by atoms with Gasteiger partial charge in [-0.05, 0) is 67.2 Å². The third-order valence-corrected chi connectivity index (χ3v) is 4.96. The van der Waals surface area contributed by atoms with Crippen molar-refractivity contribution < 1.29 is 4.39 Å². The first-order chi connectivity index (χ1) is 11.2. The number of nitrogens with zero attached hydrogens (tertiary/aromatic N) is 1. The molecule has 1 atom stereocenters. The van der Waals surface area contributed by atoms with Crippen LogP contribution in [0.5, 0.6) is 0 Å². The minimum absolute atomic E-state index is 0.0270. The van der Waals surface area contributed by atoms with Crippen molar-refractivity contribution in [2.45, 2.75) is 58.8 Å². The van der Waals surface area contributed by atoms with E-state index in [9.17, 15) is 4.39 Å². The fourth-order valence-electron chi connectivity index (χ4n) is 3.54. The SMILES string of the molecule is C=C(C)CCC(=C)N1CCC(Cc2ccc(F)cc2C(C)(C)C)C1. The highest BCUT2D eigenvalue weighted by molar-refractivity contribution is 5.34. The summed E-state index contributed by atoms with van der Waals surface area (Å²) in [7, 11) is 0. The van der Waals surface area contributed by atoms with Crippen molar-refractivity contribution in [3.8, 4) is 0 Å². The molecule has 24 heavy (non-hydrogen) atoms. The van der Waals surface area contributed by atoms with Gasteiger partial charge >= 0.3 is 0 Å². The number of benzene rings is 1. The van der Waals surface area contributed by atoms with Gasteiger partial charge in [-0.2, -0.15) is 0 Å². The number of halogens is 1. The van der Waals surface area contributed by atoms with Gasteiger partial charge in [0.2, 0.25) is 0 Å². The molecule has 1 aliphatic heterocycles. The van der Waals surface area contributed by atoms with Crippen LogP contribution < -0.4 is 0 Å². The van der Waals surface area contributed by atoms with Crippen LogP contribution in [0.2, 0.25) is 0 Å². The molecule has 0 aromatic heterocycles. The lowest BCUT2D eigenvalue weighted by Gasteiger charge is -2.25. The van der Waals surface area contributed by atoms with Crippen molar-refractivity contribution >= 4 is 0 Å². The van der Waals surface area contributed by atoms with E-state index in [0.717, 1.165) is 37.9 Å². The van der Waals surface area contributed by atoms with Gasteiger partial charge in [0.05, 0.1) is 0 Å². The smallest absolute Gasteiger partial charge is 0.123 e. The Kier molecular flexibility index (Phi) is 5.90. The van der Waals surface area contributed by atoms with Crippen LogP contribution in [-0.2, 0) is 11.8 Å². The topological polar surface area (TPSA) is 3.24 Å². The fourth-order valence-corrected chi connectivity index (χ4v) is 3.54. The Hall–Kier alpha value is -1.57. The van der Waals surface area contributed by atoms with E-state index in [2.05, 4.69) is 45.8 Å². The van der Waals surface area contributed by atoms with Crippen molar-refractivity contribution in [3.05, 3.63) is 59.6 Å². The summed E-state index contributed by atoms with van der Waals surface area (Å²) in [6.07, 6.45) is 4.24. The summed E-state index contributed by atoms with van der Waals surface area (Å²) in [4.78, 5) is 2.42. The van der Waals surface area contributed by atoms with Crippen LogP contribution in [0.3, 0.4) is 0 Å². The van der Waals surface area contributed by atoms with Gasteiger partial charge in [-0.1, -0.05) is 39.0 Å². The van der Waals surface area contributed by atoms with E-state index in [1.165, 1.54) is 23.3 Å². The van der Waals surface area contributed by atoms with Gasteiger partial charge < -0.3 is 4.90 Å². The zero-order valence-electron chi connectivity index (χ0n) is 15.8. The number of likely N-dealkylation sites (tertiary alicyclic amines) is 1. The van der Waals surface area contributed by atoms with Crippen molar-refractivity contribution in [1.29, 1.82) is 0 Å². The van der Waals surface area contributed by atoms with Crippen LogP contribution in [0.25, 0.3) is 0 Å². The first kappa shape index (κ1) is 18.8. The van der Waals surface area contributed by atoms with Gasteiger partial charge in [0.25, 0.3) is 0 Å². The van der Waals surface area contributed by atoms with E-state index in [1.807, 2.05) is 6.07 Å². The van der Waals surface area contributed by atoms with Crippen molar-refractivity contribution in [1.82, 2.24) is 4.90 Å². The predicted octanol–water partition coefficient (Wildman–Crippen LogP) is 5.86. The number of hydrogen-bond donors (Lipinski definition) is 0. The molecule has 0 N–H and O–H groups in total. The standard InChI is InChI=1S/C22H32FN/c1-16(2)7-8-17(3)24-12-11-18(15-24)13-19-9-10-20(23)14-21(19)22(4,5)6/h9-10,14,18H,1,3,7-8,11-13,15H2,2,4-6H3. The summed E-state index contributed by atoms with van der Waals surface area (Å²) in [5, 5.41) is 0. The zero-order chi connectivity index (χ0) is 17.9. The van der Waals surface area contributed by atoms with Crippen LogP contribution in [-0.4, -0.2) is 18.0 Å². The maximum atomic E-state index is 13.7. The summed E-state index contributed by atoms with van der Waals surface area (Å²) >= 11 is 0. The van der Waals surface area contributed by atoms with Crippen molar-refractivity contribution in [2.75, 3.05) is 13.1 Å². The van der Waals surface area contributed by atoms with Crippen LogP contribution in [0, 0.1) is 11.7 Å². The summed E-state index contributed by atoms with van der Waals surface area (Å²) in [5.41, 5.74) is 4.86. The van der Waals surface area contributed by atoms with Gasteiger partial charge in [0, 0.05) is 18.8 Å². The molecule has 132 valence electrons. The largest absolute Gasteiger partial charge is 0.375 e. The van der Waals surface area contributed by atoms with Crippen molar-refractivity contribution in [2.24, 2.45) is 5.92 Å². The molecule has 0 saturated carbocycles. The summed E-state index contributed by atoms with van der Waals surface area (Å²) in [6, 6.07) is 5.30. The lowest BCUT2D eigenvalue weighted by molar-refractivity contribution is 0.388. The fraction of sp³-hybridized carbons (Fsp3) is 0.545. The molecule has 0 spiro atoms. The molecule has 2 rings (SSSR count). The first-order valence-electron chi connectivity index (χ1n) is 9.03. The van der Waals surface area contributed by atoms with Gasteiger partial charge in [-0.15, -0.1) is 6.58 Å². The maximum absolute atomic E-state index is 13.7. The Labute approximate surface area is 147 Å². The molecule has 1 heterocycles. The van der Waals surface area contributed by atoms with E-state index in [0.29, 0.717) is 5.92 Å². The van der Waals surface area contributed by atoms with Crippen molar-refractivity contribution in [3.63, 3.8) is 0 Å². The lowest BCUT2D eigenvalue weighted by atomic mass is 9.81. The molecule has 2 heteroatoms. The average Bonchev–Trinajstić information content (AvgIpc) is 2.94. The predicted molar refractivity (Wildman–Crippen MR) is 102 cm³/mol. The Morgan fingerprint density at radius 3 is 2.58 bits per heavy atom. The maximum Gasteiger partial charge on any atom is 0.123 e. The number of hydrogen-bond acceptors (Lipinski definition) is 1. The summed E-state index contributed by atoms with van der Waals surface area (Å²) < 4.78 is 13.7. The molecule has 0 radical (unpaired) electrons. The normalized spacial score (nSPS) is 18.0. The first-order valence-corrected chi connectivity index (χ1v) is 9.03. The third-order valence-electron chi connectivity index (χ3n) is 4.96. The van der Waals surface area contributed by atoms with Crippen LogP contribution in [0.1, 0.15) is 58.1 Å². The second-order valence-corrected chi connectivity index (χ2v) is 8.38. The zero-order valence-corrected chi connectivity index (χ0v) is 15.8. The van der Waals surface area contributed by atoms with Crippen LogP contribution in [0.4, 0.5) is 4.39 Å². The molecular formula is C22H32FN. The lowest BCUT2D eigenvalue weighted by Crippen LogP contribution is -2.21. The highest BCUT2D eigenvalue weighted by Crippen LogP contribution is 2.31. The molecule has 1 saturated heterocycles. The Morgan fingerprint density at radius 2 is 1.96 bits per heavy atom. The quantitative estimate of drug-likeness (QED) is 0.591. The summed E-state index contributed by atoms with van der Waals surface area (Å²) in [6.45, 7) is 18.9. The molecule has 0 aliphatic carbocycles. The van der Waals surface area contributed by atoms with Gasteiger partial charge in [-0.3, -0.25) is 0 Å². The molecule has 0 amide bonds. The van der Waals surface area contributed by atoms with Gasteiger partial charge in [0.1, 0.15) is 5.82 Å². The molecule has 1 nitrogen and oxygen atoms in total. The highest BCUT2D eigenvalue weighted by atomic mass is 19.1. The average molecular weight is 330 g/mol. The Morgan fingerprint density at radius 1 is 1.25 bits per heavy atom. The summed E-state index contributed by atoms with van der Waals surface area (Å²) in [5.74, 6) is 0.489. The minimum Gasteiger partial charge on any atom is -0.375 e. The Balaban J connectivity index is 2.01. The second-order valence-electron chi connectivity index (χ2n) is 8.38. The highest BCUT2D eigenvalue weighted by Gasteiger charge is 2.26. The number of allylic oxidation sites excluding steroid dienone is 2. The molecular weight excluding hydrogens is 297 g/mol. The third kappa shape index (κ3) is 4.96. The molecule has 1 aromatic rings. The molecule has 1 aliphatic rings. The van der Waals surface area contributed by atoms with E-state index in [-0.39, 0.29) is 11.2 Å². The minimum atomic E-state index is -0.134. The molecule has 1 fully saturated rings. The Bertz CT molecular complexity index is 609. The van der Waals surface area contributed by atoms with Crippen LogP contribution in [0.15, 0.2) is 42.6 Å². The van der Waals surface area contributed by atoms with E-state index < -0.39 is 0 Å². The number of rotatable bonds is 6. The monoisotopic (exact) mass is 329 g/mol. The molecule has 1 aromatic carbocycles. The van der Waals surface area contributed by atoms with Crippen LogP contribution >= 0.6 is 0 Å². The van der Waals surface area contributed by atoms with E-state index in [4.69, 9.17) is 0 Å². The van der Waals surface area contributed by atoms with Gasteiger partial charge in [-0.25, -0.2) is 4.39 Å². The second kappa shape index (κ2) is 7.55. The molecule has 0 bridgehead atoms.